The summed E-state index contributed by atoms with van der Waals surface area (Å²) < 4.78 is 5.28. The Morgan fingerprint density at radius 2 is 2.10 bits per heavy atom. The van der Waals surface area contributed by atoms with Crippen molar-refractivity contribution in [2.75, 3.05) is 5.32 Å². The Labute approximate surface area is 115 Å². The van der Waals surface area contributed by atoms with Crippen molar-refractivity contribution >= 4 is 23.6 Å². The SMILES string of the molecule is Cc1cc(NC(=O)/C=C/c2ccc(C)o2)c(C(=O)O)[nH]1. The average Bonchev–Trinajstić information content (AvgIpc) is 2.93. The van der Waals surface area contributed by atoms with Crippen molar-refractivity contribution in [2.45, 2.75) is 13.8 Å². The van der Waals surface area contributed by atoms with Gasteiger partial charge < -0.3 is 19.8 Å². The Hall–Kier alpha value is -2.76. The lowest BCUT2D eigenvalue weighted by molar-refractivity contribution is -0.111. The van der Waals surface area contributed by atoms with Gasteiger partial charge in [-0.2, -0.15) is 0 Å². The molecule has 0 atom stereocenters. The number of carbonyl (C=O) groups excluding carboxylic acids is 1. The Morgan fingerprint density at radius 1 is 1.35 bits per heavy atom. The molecule has 0 saturated heterocycles. The second-order valence-electron chi connectivity index (χ2n) is 4.32. The Balaban J connectivity index is 2.08. The van der Waals surface area contributed by atoms with Crippen LogP contribution in [-0.4, -0.2) is 22.0 Å². The van der Waals surface area contributed by atoms with E-state index in [0.29, 0.717) is 11.5 Å². The fraction of sp³-hybridized carbons (Fsp3) is 0.143. The molecule has 0 aromatic carbocycles. The second kappa shape index (κ2) is 5.48. The van der Waals surface area contributed by atoms with Gasteiger partial charge in [0.05, 0.1) is 5.69 Å². The summed E-state index contributed by atoms with van der Waals surface area (Å²) in [6.07, 6.45) is 2.80. The lowest BCUT2D eigenvalue weighted by Gasteiger charge is -2.00. The highest BCUT2D eigenvalue weighted by Crippen LogP contribution is 2.17. The summed E-state index contributed by atoms with van der Waals surface area (Å²) in [5, 5.41) is 11.5. The minimum Gasteiger partial charge on any atom is -0.477 e. The molecule has 104 valence electrons. The van der Waals surface area contributed by atoms with Gasteiger partial charge >= 0.3 is 5.97 Å². The second-order valence-corrected chi connectivity index (χ2v) is 4.32. The third-order valence-electron chi connectivity index (χ3n) is 2.58. The van der Waals surface area contributed by atoms with Gasteiger partial charge in [0.1, 0.15) is 17.2 Å². The maximum atomic E-state index is 11.7. The van der Waals surface area contributed by atoms with Gasteiger partial charge in [-0.05, 0) is 38.1 Å². The van der Waals surface area contributed by atoms with Crippen LogP contribution in [0, 0.1) is 13.8 Å². The van der Waals surface area contributed by atoms with Crippen LogP contribution in [0.15, 0.2) is 28.7 Å². The van der Waals surface area contributed by atoms with Crippen LogP contribution < -0.4 is 5.32 Å². The summed E-state index contributed by atoms with van der Waals surface area (Å²) in [6, 6.07) is 5.09. The van der Waals surface area contributed by atoms with Gasteiger partial charge in [0.15, 0.2) is 0 Å². The van der Waals surface area contributed by atoms with E-state index in [9.17, 15) is 9.59 Å². The van der Waals surface area contributed by atoms with E-state index < -0.39 is 11.9 Å². The standard InChI is InChI=1S/C14H14N2O4/c1-8-7-11(13(15-8)14(18)19)16-12(17)6-5-10-4-3-9(2)20-10/h3-7,15H,1-2H3,(H,16,17)(H,18,19)/b6-5+. The van der Waals surface area contributed by atoms with Crippen LogP contribution in [-0.2, 0) is 4.79 Å². The lowest BCUT2D eigenvalue weighted by atomic mass is 10.3. The van der Waals surface area contributed by atoms with Crippen molar-refractivity contribution in [3.8, 4) is 0 Å². The highest BCUT2D eigenvalue weighted by Gasteiger charge is 2.14. The lowest BCUT2D eigenvalue weighted by Crippen LogP contribution is -2.10. The normalized spacial score (nSPS) is 10.9. The van der Waals surface area contributed by atoms with Crippen molar-refractivity contribution in [1.29, 1.82) is 0 Å². The molecule has 2 heterocycles. The van der Waals surface area contributed by atoms with Crippen molar-refractivity contribution in [2.24, 2.45) is 0 Å². The van der Waals surface area contributed by atoms with Gasteiger partial charge in [0.25, 0.3) is 0 Å². The van der Waals surface area contributed by atoms with Crippen LogP contribution >= 0.6 is 0 Å². The van der Waals surface area contributed by atoms with Crippen molar-refractivity contribution in [3.05, 3.63) is 47.2 Å². The largest absolute Gasteiger partial charge is 0.477 e. The molecule has 2 aromatic heterocycles. The van der Waals surface area contributed by atoms with Crippen LogP contribution in [0.2, 0.25) is 0 Å². The van der Waals surface area contributed by atoms with Crippen LogP contribution in [0.3, 0.4) is 0 Å². The van der Waals surface area contributed by atoms with E-state index >= 15 is 0 Å². The first kappa shape index (κ1) is 13.7. The molecule has 0 aliphatic rings. The molecule has 0 spiro atoms. The topological polar surface area (TPSA) is 95.3 Å². The predicted molar refractivity (Wildman–Crippen MR) is 73.6 cm³/mol. The quantitative estimate of drug-likeness (QED) is 0.747. The number of carboxylic acids is 1. The molecule has 6 nitrogen and oxygen atoms in total. The monoisotopic (exact) mass is 274 g/mol. The molecule has 0 unspecified atom stereocenters. The molecule has 2 rings (SSSR count). The summed E-state index contributed by atoms with van der Waals surface area (Å²) in [4.78, 5) is 25.4. The zero-order valence-corrected chi connectivity index (χ0v) is 11.1. The molecule has 0 radical (unpaired) electrons. The number of aromatic amines is 1. The third-order valence-corrected chi connectivity index (χ3v) is 2.58. The van der Waals surface area contributed by atoms with Gasteiger partial charge in [0.2, 0.25) is 5.91 Å². The van der Waals surface area contributed by atoms with Gasteiger partial charge in [-0.25, -0.2) is 4.79 Å². The first-order valence-electron chi connectivity index (χ1n) is 5.94. The average molecular weight is 274 g/mol. The smallest absolute Gasteiger partial charge is 0.354 e. The number of carbonyl (C=O) groups is 2. The zero-order chi connectivity index (χ0) is 14.7. The van der Waals surface area contributed by atoms with Gasteiger partial charge in [-0.1, -0.05) is 0 Å². The first-order chi connectivity index (χ1) is 9.45. The molecule has 2 aromatic rings. The number of amides is 1. The molecular weight excluding hydrogens is 260 g/mol. The minimum absolute atomic E-state index is 0.0434. The number of aromatic nitrogens is 1. The van der Waals surface area contributed by atoms with E-state index in [-0.39, 0.29) is 11.4 Å². The number of nitrogens with one attached hydrogen (secondary N) is 2. The van der Waals surface area contributed by atoms with Gasteiger partial charge in [-0.3, -0.25) is 4.79 Å². The molecule has 0 fully saturated rings. The predicted octanol–water partition coefficient (Wildman–Crippen LogP) is 2.57. The molecule has 3 N–H and O–H groups in total. The van der Waals surface area contributed by atoms with Crippen LogP contribution in [0.5, 0.6) is 0 Å². The fourth-order valence-corrected chi connectivity index (χ4v) is 1.73. The summed E-state index contributed by atoms with van der Waals surface area (Å²) >= 11 is 0. The number of hydrogen-bond acceptors (Lipinski definition) is 3. The molecule has 0 bridgehead atoms. The van der Waals surface area contributed by atoms with E-state index in [4.69, 9.17) is 9.52 Å². The van der Waals surface area contributed by atoms with E-state index in [1.54, 1.807) is 32.0 Å². The summed E-state index contributed by atoms with van der Waals surface area (Å²) in [7, 11) is 0. The van der Waals surface area contributed by atoms with Crippen LogP contribution in [0.1, 0.15) is 27.7 Å². The zero-order valence-electron chi connectivity index (χ0n) is 11.1. The summed E-state index contributed by atoms with van der Waals surface area (Å²) in [5.41, 5.74) is 0.849. The van der Waals surface area contributed by atoms with E-state index in [1.165, 1.54) is 12.2 Å². The number of carboxylic acid groups (broad SMARTS) is 1. The van der Waals surface area contributed by atoms with Crippen molar-refractivity contribution < 1.29 is 19.1 Å². The maximum Gasteiger partial charge on any atom is 0.354 e. The van der Waals surface area contributed by atoms with Crippen LogP contribution in [0.4, 0.5) is 5.69 Å². The van der Waals surface area contributed by atoms with E-state index in [2.05, 4.69) is 10.3 Å². The molecule has 0 saturated carbocycles. The number of furan rings is 1. The molecular formula is C14H14N2O4. The van der Waals surface area contributed by atoms with Crippen molar-refractivity contribution in [3.63, 3.8) is 0 Å². The summed E-state index contributed by atoms with van der Waals surface area (Å²) in [5.74, 6) is -0.250. The Kier molecular flexibility index (Phi) is 3.74. The molecule has 20 heavy (non-hydrogen) atoms. The number of H-pyrrole nitrogens is 1. The maximum absolute atomic E-state index is 11.7. The Bertz CT molecular complexity index is 679. The Morgan fingerprint density at radius 3 is 2.70 bits per heavy atom. The van der Waals surface area contributed by atoms with Crippen molar-refractivity contribution in [1.82, 2.24) is 4.98 Å². The number of anilines is 1. The van der Waals surface area contributed by atoms with Gasteiger partial charge in [-0.15, -0.1) is 0 Å². The number of hydrogen-bond donors (Lipinski definition) is 3. The highest BCUT2D eigenvalue weighted by molar-refractivity contribution is 6.05. The first-order valence-corrected chi connectivity index (χ1v) is 5.94. The third kappa shape index (κ3) is 3.17. The highest BCUT2D eigenvalue weighted by atomic mass is 16.4. The molecule has 0 aliphatic heterocycles. The summed E-state index contributed by atoms with van der Waals surface area (Å²) in [6.45, 7) is 3.52. The molecule has 6 heteroatoms. The fourth-order valence-electron chi connectivity index (χ4n) is 1.73. The van der Waals surface area contributed by atoms with E-state index in [0.717, 1.165) is 5.76 Å². The van der Waals surface area contributed by atoms with Crippen LogP contribution in [0.25, 0.3) is 6.08 Å². The molecule has 0 aliphatic carbocycles. The van der Waals surface area contributed by atoms with Gasteiger partial charge in [0, 0.05) is 11.8 Å². The number of rotatable bonds is 4. The molecule has 1 amide bonds. The number of aromatic carboxylic acids is 1. The minimum atomic E-state index is -1.13. The number of aryl methyl sites for hydroxylation is 2. The van der Waals surface area contributed by atoms with E-state index in [1.807, 2.05) is 0 Å².